The van der Waals surface area contributed by atoms with Crippen LogP contribution in [0.4, 0.5) is 0 Å². The number of phenolic OH excluding ortho intramolecular Hbond substituents is 1. The predicted octanol–water partition coefficient (Wildman–Crippen LogP) is 3.13. The number of methoxy groups -OCH3 is 1. The van der Waals surface area contributed by atoms with Crippen molar-refractivity contribution in [3.63, 3.8) is 0 Å². The van der Waals surface area contributed by atoms with Crippen molar-refractivity contribution in [3.8, 4) is 17.2 Å². The molecule has 148 valence electrons. The molecule has 2 aromatic rings. The molecule has 0 spiro atoms. The summed E-state index contributed by atoms with van der Waals surface area (Å²) in [5, 5.41) is 45.9. The molecule has 0 aliphatic carbocycles. The van der Waals surface area contributed by atoms with Crippen LogP contribution in [0, 0.1) is 5.31 Å². The zero-order valence-corrected chi connectivity index (χ0v) is 15.7. The van der Waals surface area contributed by atoms with Crippen molar-refractivity contribution in [1.29, 1.82) is 5.31 Å². The Morgan fingerprint density at radius 1 is 1.07 bits per heavy atom. The van der Waals surface area contributed by atoms with Crippen molar-refractivity contribution in [2.24, 2.45) is 0 Å². The van der Waals surface area contributed by atoms with Gasteiger partial charge in [-0.3, -0.25) is 0 Å². The van der Waals surface area contributed by atoms with E-state index in [1.54, 1.807) is 18.2 Å². The molecule has 0 fully saturated rings. The first-order valence-electron chi connectivity index (χ1n) is 8.53. The molecule has 0 saturated heterocycles. The number of hydrogen-bond donors (Lipinski definition) is 5. The molecule has 7 nitrogen and oxygen atoms in total. The fourth-order valence-electron chi connectivity index (χ4n) is 2.43. The molecule has 0 amide bonds. The van der Waals surface area contributed by atoms with Crippen LogP contribution in [0.1, 0.15) is 16.7 Å². The van der Waals surface area contributed by atoms with Crippen LogP contribution in [0.15, 0.2) is 59.8 Å². The molecular formula is C21H20BNO6. The predicted molar refractivity (Wildman–Crippen MR) is 110 cm³/mol. The normalized spacial score (nSPS) is 12.1. The van der Waals surface area contributed by atoms with Gasteiger partial charge in [0, 0.05) is 0 Å². The summed E-state index contributed by atoms with van der Waals surface area (Å²) in [6.07, 6.45) is 5.40. The number of nitrogens with one attached hydrogen (secondary N) is 1. The van der Waals surface area contributed by atoms with E-state index in [2.05, 4.69) is 0 Å². The summed E-state index contributed by atoms with van der Waals surface area (Å²) in [7, 11) is 2.16. The van der Waals surface area contributed by atoms with Crippen molar-refractivity contribution in [3.05, 3.63) is 76.5 Å². The second-order valence-corrected chi connectivity index (χ2v) is 5.95. The Labute approximate surface area is 168 Å². The summed E-state index contributed by atoms with van der Waals surface area (Å²) in [6.45, 7) is -0.346. The van der Waals surface area contributed by atoms with Gasteiger partial charge in [-0.05, 0) is 0 Å². The Hall–Kier alpha value is -3.65. The van der Waals surface area contributed by atoms with Gasteiger partial charge in [0.2, 0.25) is 0 Å². The molecule has 0 bridgehead atoms. The third-order valence-corrected chi connectivity index (χ3v) is 4.02. The van der Waals surface area contributed by atoms with Crippen LogP contribution in [-0.2, 0) is 11.4 Å². The van der Waals surface area contributed by atoms with Gasteiger partial charge in [-0.15, -0.1) is 0 Å². The van der Waals surface area contributed by atoms with E-state index in [9.17, 15) is 20.1 Å². The summed E-state index contributed by atoms with van der Waals surface area (Å²) in [6, 6.07) is 9.05. The first kappa shape index (κ1) is 21.7. The van der Waals surface area contributed by atoms with Crippen molar-refractivity contribution < 1.29 is 30.0 Å². The number of rotatable bonds is 8. The summed E-state index contributed by atoms with van der Waals surface area (Å²) in [4.78, 5) is 12.3. The molecule has 0 heterocycles. The van der Waals surface area contributed by atoms with Gasteiger partial charge in [0.05, 0.1) is 0 Å². The number of benzene rings is 2. The summed E-state index contributed by atoms with van der Waals surface area (Å²) in [5.74, 6) is -0.807. The number of ether oxygens (including phenoxy) is 1. The van der Waals surface area contributed by atoms with Gasteiger partial charge in [0.25, 0.3) is 0 Å². The number of aliphatic hydroxyl groups excluding tert-OH is 2. The molecular weight excluding hydrogens is 373 g/mol. The van der Waals surface area contributed by atoms with E-state index in [-0.39, 0.29) is 29.3 Å². The van der Waals surface area contributed by atoms with Crippen LogP contribution in [0.25, 0.3) is 12.2 Å². The van der Waals surface area contributed by atoms with Crippen LogP contribution in [0.3, 0.4) is 0 Å². The maximum absolute atomic E-state index is 12.3. The minimum atomic E-state index is -0.593. The fourth-order valence-corrected chi connectivity index (χ4v) is 2.43. The van der Waals surface area contributed by atoms with E-state index in [0.29, 0.717) is 16.7 Å². The van der Waals surface area contributed by atoms with E-state index in [0.717, 1.165) is 7.07 Å². The molecule has 0 saturated carbocycles. The van der Waals surface area contributed by atoms with E-state index in [1.807, 2.05) is 0 Å². The Bertz CT molecular complexity index is 1010. The molecule has 29 heavy (non-hydrogen) atoms. The van der Waals surface area contributed by atoms with E-state index in [1.165, 1.54) is 49.6 Å². The summed E-state index contributed by atoms with van der Waals surface area (Å²) < 4.78 is 5.01. The number of aliphatic hydroxyl groups is 2. The molecule has 0 radical (unpaired) electrons. The van der Waals surface area contributed by atoms with E-state index < -0.39 is 11.5 Å². The number of hydrogen-bond acceptors (Lipinski definition) is 7. The molecule has 2 aromatic carbocycles. The van der Waals surface area contributed by atoms with Crippen LogP contribution >= 0.6 is 0 Å². The maximum atomic E-state index is 12.3. The standard InChI is InChI=1S/C21H20BNO6/c1-29-20-11-14(3-7-17(20)26)5-9-19(28)21(22-23)18(27)8-4-13-2-6-16(25)15(10-13)12-24/h2-11,23-26,28H,12H2,1H3/b8-4+,9-5+,21-19+. The van der Waals surface area contributed by atoms with Crippen LogP contribution in [-0.4, -0.2) is 40.4 Å². The number of ketones is 1. The average molecular weight is 393 g/mol. The zero-order valence-electron chi connectivity index (χ0n) is 15.7. The fraction of sp³-hybridized carbons (Fsp3) is 0.0952. The monoisotopic (exact) mass is 393 g/mol. The quantitative estimate of drug-likeness (QED) is 0.203. The molecule has 0 aliphatic heterocycles. The Balaban J connectivity index is 2.22. The molecule has 8 heteroatoms. The third-order valence-electron chi connectivity index (χ3n) is 4.02. The van der Waals surface area contributed by atoms with Gasteiger partial charge in [0.15, 0.2) is 0 Å². The van der Waals surface area contributed by atoms with Gasteiger partial charge in [-0.1, -0.05) is 0 Å². The van der Waals surface area contributed by atoms with Gasteiger partial charge < -0.3 is 0 Å². The Morgan fingerprint density at radius 2 is 1.69 bits per heavy atom. The number of carbonyl (C=O) groups is 1. The molecule has 0 aliphatic rings. The molecule has 5 N–H and O–H groups in total. The van der Waals surface area contributed by atoms with Crippen molar-refractivity contribution in [2.75, 3.05) is 7.11 Å². The van der Waals surface area contributed by atoms with E-state index in [4.69, 9.17) is 15.2 Å². The molecule has 2 rings (SSSR count). The van der Waals surface area contributed by atoms with Crippen LogP contribution in [0.2, 0.25) is 0 Å². The minimum absolute atomic E-state index is 0.0245. The Morgan fingerprint density at radius 3 is 2.31 bits per heavy atom. The second-order valence-electron chi connectivity index (χ2n) is 5.95. The first-order chi connectivity index (χ1) is 13.9. The number of allylic oxidation sites excluding steroid dienone is 3. The van der Waals surface area contributed by atoms with Gasteiger partial charge in [0.1, 0.15) is 0 Å². The third kappa shape index (κ3) is 5.66. The number of phenols is 2. The zero-order chi connectivity index (χ0) is 21.4. The van der Waals surface area contributed by atoms with Gasteiger partial charge in [-0.25, -0.2) is 0 Å². The van der Waals surface area contributed by atoms with Gasteiger partial charge in [-0.2, -0.15) is 0 Å². The van der Waals surface area contributed by atoms with Gasteiger partial charge >= 0.3 is 168 Å². The van der Waals surface area contributed by atoms with Crippen molar-refractivity contribution in [2.45, 2.75) is 6.61 Å². The van der Waals surface area contributed by atoms with Crippen molar-refractivity contribution in [1.82, 2.24) is 0 Å². The summed E-state index contributed by atoms with van der Waals surface area (Å²) >= 11 is 0. The van der Waals surface area contributed by atoms with Crippen LogP contribution < -0.4 is 4.74 Å². The topological polar surface area (TPSA) is 131 Å². The number of aromatic hydroxyl groups is 2. The summed E-state index contributed by atoms with van der Waals surface area (Å²) in [5.41, 5.74) is 1.27. The Kier molecular flexibility index (Phi) is 7.50. The molecule has 0 aromatic heterocycles. The molecule has 0 atom stereocenters. The van der Waals surface area contributed by atoms with Crippen LogP contribution in [0.5, 0.6) is 17.2 Å². The van der Waals surface area contributed by atoms with E-state index >= 15 is 0 Å². The second kappa shape index (κ2) is 10.1. The molecule has 0 unspecified atom stereocenters. The average Bonchev–Trinajstić information content (AvgIpc) is 2.73. The SMILES string of the molecule is COc1cc(/C=C/C(O)=C(\B=N)C(=O)/C=C/c2ccc(O)c(CO)c2)ccc1O. The number of carbonyl (C=O) groups excluding carboxylic acids is 1. The van der Waals surface area contributed by atoms with Crippen molar-refractivity contribution >= 4 is 25.0 Å². The first-order valence-corrected chi connectivity index (χ1v) is 8.53.